The summed E-state index contributed by atoms with van der Waals surface area (Å²) in [5.74, 6) is -0.346. The van der Waals surface area contributed by atoms with Crippen molar-refractivity contribution in [2.45, 2.75) is 19.9 Å². The Morgan fingerprint density at radius 3 is 2.59 bits per heavy atom. The van der Waals surface area contributed by atoms with Crippen LogP contribution < -0.4 is 5.73 Å². The van der Waals surface area contributed by atoms with Crippen LogP contribution in [0.1, 0.15) is 25.6 Å². The minimum absolute atomic E-state index is 0. The van der Waals surface area contributed by atoms with Gasteiger partial charge in [-0.15, -0.1) is 12.4 Å². The Morgan fingerprint density at radius 2 is 2.12 bits per heavy atom. The van der Waals surface area contributed by atoms with Gasteiger partial charge in [-0.2, -0.15) is 0 Å². The zero-order valence-corrected chi connectivity index (χ0v) is 12.3. The highest BCUT2D eigenvalue weighted by Gasteiger charge is 2.37. The molecule has 0 spiro atoms. The molecule has 96 valence electrons. The van der Waals surface area contributed by atoms with Crippen molar-refractivity contribution >= 4 is 34.3 Å². The number of nitrogens with zero attached hydrogens (tertiary/aromatic N) is 1. The van der Waals surface area contributed by atoms with Gasteiger partial charge in [-0.1, -0.05) is 6.07 Å². The van der Waals surface area contributed by atoms with Crippen LogP contribution in [0.5, 0.6) is 0 Å². The van der Waals surface area contributed by atoms with Crippen LogP contribution in [0.3, 0.4) is 0 Å². The van der Waals surface area contributed by atoms with E-state index in [2.05, 4.69) is 20.9 Å². The molecule has 17 heavy (non-hydrogen) atoms. The molecule has 0 aliphatic carbocycles. The molecule has 0 amide bonds. The predicted molar refractivity (Wildman–Crippen MR) is 71.9 cm³/mol. The third kappa shape index (κ3) is 3.66. The summed E-state index contributed by atoms with van der Waals surface area (Å²) < 4.78 is 5.42. The number of nitrogens with two attached hydrogens (primary N) is 1. The first-order valence-electron chi connectivity index (χ1n) is 4.86. The molecule has 1 aromatic rings. The number of esters is 1. The molecule has 0 saturated heterocycles. The molecule has 0 saturated carbocycles. The third-order valence-electron chi connectivity index (χ3n) is 2.54. The predicted octanol–water partition coefficient (Wildman–Crippen LogP) is 2.46. The van der Waals surface area contributed by atoms with E-state index >= 15 is 0 Å². The van der Waals surface area contributed by atoms with Crippen LogP contribution in [0.25, 0.3) is 0 Å². The van der Waals surface area contributed by atoms with Crippen molar-refractivity contribution in [3.8, 4) is 0 Å². The molecule has 1 aromatic heterocycles. The summed E-state index contributed by atoms with van der Waals surface area (Å²) in [6.07, 6.45) is 0. The molecule has 0 unspecified atom stereocenters. The zero-order chi connectivity index (χ0) is 12.3. The van der Waals surface area contributed by atoms with Crippen LogP contribution in [0.15, 0.2) is 22.8 Å². The van der Waals surface area contributed by atoms with Crippen LogP contribution in [0.2, 0.25) is 0 Å². The molecule has 0 bridgehead atoms. The maximum atomic E-state index is 11.6. The number of carbonyl (C=O) groups is 1. The number of hydrogen-bond donors (Lipinski definition) is 1. The van der Waals surface area contributed by atoms with Gasteiger partial charge in [0.1, 0.15) is 4.60 Å². The summed E-state index contributed by atoms with van der Waals surface area (Å²) in [6, 6.07) is 4.93. The fourth-order valence-corrected chi connectivity index (χ4v) is 1.71. The Labute approximate surface area is 115 Å². The first kappa shape index (κ1) is 16.4. The average Bonchev–Trinajstić information content (AvgIpc) is 2.26. The molecule has 1 heterocycles. The number of aromatic nitrogens is 1. The number of pyridine rings is 1. The van der Waals surface area contributed by atoms with Crippen molar-refractivity contribution < 1.29 is 9.53 Å². The van der Waals surface area contributed by atoms with Gasteiger partial charge in [0.15, 0.2) is 0 Å². The quantitative estimate of drug-likeness (QED) is 0.685. The highest BCUT2D eigenvalue weighted by molar-refractivity contribution is 9.10. The average molecular weight is 324 g/mol. The number of ether oxygens (including phenoxy) is 1. The standard InChI is InChI=1S/C11H15BrN2O2.ClH/c1-11(2,10(15)16-3)9(13)7-5-4-6-8(12)14-7;/h4-6,9H,13H2,1-3H3;1H/t9-;/m0./s1. The lowest BCUT2D eigenvalue weighted by Gasteiger charge is -2.28. The van der Waals surface area contributed by atoms with Crippen LogP contribution in [0.4, 0.5) is 0 Å². The minimum Gasteiger partial charge on any atom is -0.469 e. The second-order valence-corrected chi connectivity index (χ2v) is 4.89. The van der Waals surface area contributed by atoms with Gasteiger partial charge < -0.3 is 10.5 Å². The first-order valence-corrected chi connectivity index (χ1v) is 5.65. The van der Waals surface area contributed by atoms with Gasteiger partial charge in [0.2, 0.25) is 0 Å². The highest BCUT2D eigenvalue weighted by Crippen LogP contribution is 2.31. The summed E-state index contributed by atoms with van der Waals surface area (Å²) in [5.41, 5.74) is 5.89. The van der Waals surface area contributed by atoms with Crippen molar-refractivity contribution in [3.05, 3.63) is 28.5 Å². The molecule has 0 aromatic carbocycles. The molecular weight excluding hydrogens is 307 g/mol. The number of halogens is 2. The molecule has 1 atom stereocenters. The topological polar surface area (TPSA) is 65.2 Å². The van der Waals surface area contributed by atoms with Crippen molar-refractivity contribution in [2.24, 2.45) is 11.1 Å². The van der Waals surface area contributed by atoms with Crippen molar-refractivity contribution in [3.63, 3.8) is 0 Å². The Hall–Kier alpha value is -0.650. The molecule has 4 nitrogen and oxygen atoms in total. The summed E-state index contributed by atoms with van der Waals surface area (Å²) in [7, 11) is 1.35. The van der Waals surface area contributed by atoms with E-state index < -0.39 is 11.5 Å². The van der Waals surface area contributed by atoms with Crippen molar-refractivity contribution in [1.29, 1.82) is 0 Å². The van der Waals surface area contributed by atoms with Gasteiger partial charge in [-0.05, 0) is 41.9 Å². The normalized spacial score (nSPS) is 12.5. The Bertz CT molecular complexity index is 399. The largest absolute Gasteiger partial charge is 0.469 e. The minimum atomic E-state index is -0.803. The van der Waals surface area contributed by atoms with Crippen LogP contribution in [0, 0.1) is 5.41 Å². The van der Waals surface area contributed by atoms with E-state index in [9.17, 15) is 4.79 Å². The number of rotatable bonds is 3. The van der Waals surface area contributed by atoms with Gasteiger partial charge in [-0.3, -0.25) is 4.79 Å². The van der Waals surface area contributed by atoms with Crippen LogP contribution in [-0.4, -0.2) is 18.1 Å². The second-order valence-electron chi connectivity index (χ2n) is 4.08. The lowest BCUT2D eigenvalue weighted by atomic mass is 9.83. The van der Waals surface area contributed by atoms with E-state index in [-0.39, 0.29) is 18.4 Å². The SMILES string of the molecule is COC(=O)C(C)(C)[C@@H](N)c1cccc(Br)n1.Cl. The summed E-state index contributed by atoms with van der Waals surface area (Å²) in [5, 5.41) is 0. The molecule has 2 N–H and O–H groups in total. The van der Waals surface area contributed by atoms with E-state index in [0.717, 1.165) is 0 Å². The first-order chi connectivity index (χ1) is 7.39. The monoisotopic (exact) mass is 322 g/mol. The second kappa shape index (κ2) is 6.33. The molecule has 0 radical (unpaired) electrons. The van der Waals surface area contributed by atoms with Crippen LogP contribution >= 0.6 is 28.3 Å². The zero-order valence-electron chi connectivity index (χ0n) is 9.94. The Balaban J connectivity index is 0.00000256. The summed E-state index contributed by atoms with van der Waals surface area (Å²) >= 11 is 3.27. The van der Waals surface area contributed by atoms with Gasteiger partial charge in [0.25, 0.3) is 0 Å². The van der Waals surface area contributed by atoms with Crippen molar-refractivity contribution in [1.82, 2.24) is 4.98 Å². The van der Waals surface area contributed by atoms with Gasteiger partial charge in [0.05, 0.1) is 24.3 Å². The Kier molecular flexibility index (Phi) is 6.09. The summed E-state index contributed by atoms with van der Waals surface area (Å²) in [6.45, 7) is 3.48. The smallest absolute Gasteiger partial charge is 0.313 e. The highest BCUT2D eigenvalue weighted by atomic mass is 79.9. The number of methoxy groups -OCH3 is 1. The van der Waals surface area contributed by atoms with Gasteiger partial charge >= 0.3 is 5.97 Å². The van der Waals surface area contributed by atoms with Crippen molar-refractivity contribution in [2.75, 3.05) is 7.11 Å². The third-order valence-corrected chi connectivity index (χ3v) is 2.99. The number of carbonyl (C=O) groups excluding carboxylic acids is 1. The van der Waals surface area contributed by atoms with E-state index in [4.69, 9.17) is 10.5 Å². The fraction of sp³-hybridized carbons (Fsp3) is 0.455. The Morgan fingerprint density at radius 1 is 1.53 bits per heavy atom. The number of hydrogen-bond acceptors (Lipinski definition) is 4. The van der Waals surface area contributed by atoms with Crippen LogP contribution in [-0.2, 0) is 9.53 Å². The fourth-order valence-electron chi connectivity index (χ4n) is 1.36. The molecule has 0 aliphatic rings. The maximum Gasteiger partial charge on any atom is 0.313 e. The van der Waals surface area contributed by atoms with Gasteiger partial charge in [-0.25, -0.2) is 4.98 Å². The molecule has 1 rings (SSSR count). The molecule has 0 fully saturated rings. The van der Waals surface area contributed by atoms with E-state index in [0.29, 0.717) is 10.3 Å². The lowest BCUT2D eigenvalue weighted by Crippen LogP contribution is -2.37. The maximum absolute atomic E-state index is 11.6. The van der Waals surface area contributed by atoms with E-state index in [1.807, 2.05) is 6.07 Å². The lowest BCUT2D eigenvalue weighted by molar-refractivity contribution is -0.152. The summed E-state index contributed by atoms with van der Waals surface area (Å²) in [4.78, 5) is 15.8. The van der Waals surface area contributed by atoms with E-state index in [1.54, 1.807) is 26.0 Å². The molecule has 6 heteroatoms. The molecular formula is C11H16BrClN2O2. The molecule has 0 aliphatic heterocycles. The van der Waals surface area contributed by atoms with E-state index in [1.165, 1.54) is 7.11 Å². The van der Waals surface area contributed by atoms with Gasteiger partial charge in [0, 0.05) is 0 Å².